The summed E-state index contributed by atoms with van der Waals surface area (Å²) in [5, 5.41) is 1.75. The average Bonchev–Trinajstić information content (AvgIpc) is 2.66. The molecule has 31 heavy (non-hydrogen) atoms. The second-order valence-corrected chi connectivity index (χ2v) is 6.05. The molecule has 0 bridgehead atoms. The van der Waals surface area contributed by atoms with Gasteiger partial charge in [-0.15, -0.1) is 0 Å². The first-order valence-electron chi connectivity index (χ1n) is 8.06. The van der Waals surface area contributed by atoms with Crippen LogP contribution in [0.3, 0.4) is 0 Å². The van der Waals surface area contributed by atoms with Gasteiger partial charge >= 0.3 is 18.3 Å². The van der Waals surface area contributed by atoms with Gasteiger partial charge in [0.2, 0.25) is 0 Å². The summed E-state index contributed by atoms with van der Waals surface area (Å²) in [6.07, 6.45) is -12.3. The van der Waals surface area contributed by atoms with E-state index in [-0.39, 0.29) is 18.2 Å². The molecule has 0 saturated heterocycles. The molecule has 0 aliphatic carbocycles. The van der Waals surface area contributed by atoms with Gasteiger partial charge in [0.05, 0.1) is 22.4 Å². The zero-order valence-electron chi connectivity index (χ0n) is 15.1. The molecule has 0 aliphatic rings. The molecule has 0 aromatic heterocycles. The lowest BCUT2D eigenvalue weighted by Crippen LogP contribution is -2.30. The number of nitrogens with one attached hydrogen (secondary N) is 1. The fourth-order valence-corrected chi connectivity index (χ4v) is 2.21. The van der Waals surface area contributed by atoms with Crippen LogP contribution in [0.2, 0.25) is 0 Å². The fourth-order valence-electron chi connectivity index (χ4n) is 2.21. The number of amides is 1. The van der Waals surface area contributed by atoms with Crippen LogP contribution in [-0.2, 0) is 21.9 Å². The molecular formula is C18H10F9NO3. The van der Waals surface area contributed by atoms with Crippen molar-refractivity contribution in [1.82, 2.24) is 0 Å². The van der Waals surface area contributed by atoms with Gasteiger partial charge < -0.3 is 10.1 Å². The monoisotopic (exact) mass is 459 g/mol. The average molecular weight is 459 g/mol. The van der Waals surface area contributed by atoms with Gasteiger partial charge in [-0.3, -0.25) is 4.79 Å². The minimum atomic E-state index is -5.22. The number of benzene rings is 2. The molecule has 0 heterocycles. The molecule has 1 unspecified atom stereocenters. The second kappa shape index (κ2) is 8.47. The summed E-state index contributed by atoms with van der Waals surface area (Å²) in [4.78, 5) is 24.0. The second-order valence-electron chi connectivity index (χ2n) is 6.05. The molecule has 1 amide bonds. The third kappa shape index (κ3) is 5.67. The Bertz CT molecular complexity index is 983. The molecule has 2 aromatic carbocycles. The first-order chi connectivity index (χ1) is 14.1. The minimum Gasteiger partial charge on any atom is -0.449 e. The molecular weight excluding hydrogens is 449 g/mol. The largest absolute Gasteiger partial charge is 0.449 e. The highest BCUT2D eigenvalue weighted by Crippen LogP contribution is 2.36. The summed E-state index contributed by atoms with van der Waals surface area (Å²) < 4.78 is 121. The van der Waals surface area contributed by atoms with Gasteiger partial charge in [-0.1, -0.05) is 0 Å². The molecule has 2 rings (SSSR count). The Labute approximate surface area is 167 Å². The molecule has 2 aromatic rings. The summed E-state index contributed by atoms with van der Waals surface area (Å²) in [5.74, 6) is -8.28. The zero-order valence-corrected chi connectivity index (χ0v) is 15.1. The van der Waals surface area contributed by atoms with Gasteiger partial charge in [-0.25, -0.2) is 18.0 Å². The van der Waals surface area contributed by atoms with Gasteiger partial charge in [0.1, 0.15) is 0 Å². The lowest BCUT2D eigenvalue weighted by molar-refractivity contribution is -0.143. The van der Waals surface area contributed by atoms with E-state index in [9.17, 15) is 49.1 Å². The Morgan fingerprint density at radius 3 is 1.87 bits per heavy atom. The van der Waals surface area contributed by atoms with E-state index in [2.05, 4.69) is 4.74 Å². The Balaban J connectivity index is 2.24. The molecule has 1 N–H and O–H groups in total. The molecule has 1 atom stereocenters. The number of alkyl halides is 6. The van der Waals surface area contributed by atoms with Crippen molar-refractivity contribution in [3.63, 3.8) is 0 Å². The number of rotatable bonds is 4. The Morgan fingerprint density at radius 2 is 1.39 bits per heavy atom. The molecule has 0 spiro atoms. The van der Waals surface area contributed by atoms with E-state index in [0.717, 1.165) is 6.92 Å². The smallest absolute Gasteiger partial charge is 0.416 e. The van der Waals surface area contributed by atoms with Crippen LogP contribution in [-0.4, -0.2) is 18.0 Å². The maximum Gasteiger partial charge on any atom is 0.416 e. The lowest BCUT2D eigenvalue weighted by Gasteiger charge is -2.16. The highest BCUT2D eigenvalue weighted by Gasteiger charge is 2.38. The standard InChI is InChI=1S/C18H10F9NO3/c1-7(15(29)28-12-3-2-11(19)13(20)14(12)21)31-16(30)8-4-9(17(22,23)24)6-10(5-8)18(25,26)27/h2-7H,1H3,(H,28,29). The maximum absolute atomic E-state index is 13.6. The third-order valence-electron chi connectivity index (χ3n) is 3.77. The third-order valence-corrected chi connectivity index (χ3v) is 3.77. The van der Waals surface area contributed by atoms with E-state index >= 15 is 0 Å². The fraction of sp³-hybridized carbons (Fsp3) is 0.222. The number of ether oxygens (including phenoxy) is 1. The van der Waals surface area contributed by atoms with Crippen LogP contribution in [0, 0.1) is 17.5 Å². The number of carbonyl (C=O) groups excluding carboxylic acids is 2. The first kappa shape index (κ1) is 24.0. The number of hydrogen-bond donors (Lipinski definition) is 1. The van der Waals surface area contributed by atoms with Crippen LogP contribution in [0.25, 0.3) is 0 Å². The molecule has 0 fully saturated rings. The highest BCUT2D eigenvalue weighted by molar-refractivity contribution is 5.97. The molecule has 0 saturated carbocycles. The van der Waals surface area contributed by atoms with Crippen molar-refractivity contribution in [2.45, 2.75) is 25.4 Å². The quantitative estimate of drug-likeness (QED) is 0.382. The summed E-state index contributed by atoms with van der Waals surface area (Å²) >= 11 is 0. The van der Waals surface area contributed by atoms with Crippen LogP contribution in [0.5, 0.6) is 0 Å². The van der Waals surface area contributed by atoms with Crippen LogP contribution < -0.4 is 5.32 Å². The van der Waals surface area contributed by atoms with Crippen LogP contribution in [0.1, 0.15) is 28.4 Å². The molecule has 13 heteroatoms. The molecule has 4 nitrogen and oxygen atoms in total. The summed E-state index contributed by atoms with van der Waals surface area (Å²) in [6, 6.07) is 1.10. The first-order valence-corrected chi connectivity index (χ1v) is 8.06. The summed E-state index contributed by atoms with van der Waals surface area (Å²) in [5.41, 5.74) is -5.56. The van der Waals surface area contributed by atoms with E-state index in [1.807, 2.05) is 0 Å². The number of hydrogen-bond acceptors (Lipinski definition) is 3. The normalized spacial score (nSPS) is 13.0. The number of anilines is 1. The zero-order chi connectivity index (χ0) is 23.7. The topological polar surface area (TPSA) is 55.4 Å². The van der Waals surface area contributed by atoms with Gasteiger partial charge in [0, 0.05) is 0 Å². The summed E-state index contributed by atoms with van der Waals surface area (Å²) in [6.45, 7) is 0.864. The van der Waals surface area contributed by atoms with Gasteiger partial charge in [-0.2, -0.15) is 26.3 Å². The number of esters is 1. The lowest BCUT2D eigenvalue weighted by atomic mass is 10.0. The van der Waals surface area contributed by atoms with Crippen molar-refractivity contribution in [3.05, 3.63) is 64.5 Å². The predicted octanol–water partition coefficient (Wildman–Crippen LogP) is 5.33. The molecule has 0 radical (unpaired) electrons. The van der Waals surface area contributed by atoms with Crippen molar-refractivity contribution in [3.8, 4) is 0 Å². The van der Waals surface area contributed by atoms with Crippen molar-refractivity contribution in [2.75, 3.05) is 5.32 Å². The number of halogens is 9. The van der Waals surface area contributed by atoms with Gasteiger partial charge in [-0.05, 0) is 37.3 Å². The number of carbonyl (C=O) groups is 2. The van der Waals surface area contributed by atoms with E-state index < -0.39 is 70.2 Å². The van der Waals surface area contributed by atoms with E-state index in [1.54, 1.807) is 5.32 Å². The van der Waals surface area contributed by atoms with E-state index in [0.29, 0.717) is 12.1 Å². The van der Waals surface area contributed by atoms with E-state index in [4.69, 9.17) is 0 Å². The molecule has 168 valence electrons. The SMILES string of the molecule is CC(OC(=O)c1cc(C(F)(F)F)cc(C(F)(F)F)c1)C(=O)Nc1ccc(F)c(F)c1F. The Morgan fingerprint density at radius 1 is 0.871 bits per heavy atom. The van der Waals surface area contributed by atoms with Gasteiger partial charge in [0.15, 0.2) is 23.6 Å². The maximum atomic E-state index is 13.6. The van der Waals surface area contributed by atoms with Crippen LogP contribution in [0.15, 0.2) is 30.3 Å². The van der Waals surface area contributed by atoms with Crippen molar-refractivity contribution < 1.29 is 53.8 Å². The Hall–Kier alpha value is -3.25. The van der Waals surface area contributed by atoms with Gasteiger partial charge in [0.25, 0.3) is 5.91 Å². The molecule has 0 aliphatic heterocycles. The Kier molecular flexibility index (Phi) is 6.57. The minimum absolute atomic E-state index is 0.0945. The van der Waals surface area contributed by atoms with Crippen LogP contribution >= 0.6 is 0 Å². The predicted molar refractivity (Wildman–Crippen MR) is 86.3 cm³/mol. The van der Waals surface area contributed by atoms with Crippen molar-refractivity contribution >= 4 is 17.6 Å². The van der Waals surface area contributed by atoms with Crippen molar-refractivity contribution in [2.24, 2.45) is 0 Å². The summed E-state index contributed by atoms with van der Waals surface area (Å²) in [7, 11) is 0. The highest BCUT2D eigenvalue weighted by atomic mass is 19.4. The van der Waals surface area contributed by atoms with Crippen molar-refractivity contribution in [1.29, 1.82) is 0 Å². The van der Waals surface area contributed by atoms with Crippen LogP contribution in [0.4, 0.5) is 45.2 Å². The van der Waals surface area contributed by atoms with E-state index in [1.165, 1.54) is 0 Å².